The second-order valence-electron chi connectivity index (χ2n) is 9.20. The first-order valence-corrected chi connectivity index (χ1v) is 11.2. The van der Waals surface area contributed by atoms with E-state index in [0.717, 1.165) is 39.7 Å². The van der Waals surface area contributed by atoms with Crippen molar-refractivity contribution >= 4 is 27.6 Å². The lowest BCUT2D eigenvalue weighted by molar-refractivity contribution is 0.0976. The molecule has 0 saturated carbocycles. The number of imidazole rings is 1. The van der Waals surface area contributed by atoms with E-state index in [2.05, 4.69) is 46.2 Å². The van der Waals surface area contributed by atoms with Gasteiger partial charge >= 0.3 is 0 Å². The highest BCUT2D eigenvalue weighted by Gasteiger charge is 2.35. The number of aromatic nitrogens is 3. The van der Waals surface area contributed by atoms with E-state index >= 15 is 0 Å². The number of nitrogens with one attached hydrogen (secondary N) is 3. The molecule has 3 N–H and O–H groups in total. The van der Waals surface area contributed by atoms with Gasteiger partial charge in [0.2, 0.25) is 0 Å². The molecular weight excluding hydrogens is 386 g/mol. The number of nitrogens with zero attached hydrogens (tertiary/aromatic N) is 2. The summed E-state index contributed by atoms with van der Waals surface area (Å²) in [5, 5.41) is 4.90. The van der Waals surface area contributed by atoms with Crippen molar-refractivity contribution in [3.05, 3.63) is 57.9 Å². The number of fused-ring (bicyclic) bond motifs is 5. The smallest absolute Gasteiger partial charge is 0.261 e. The highest BCUT2D eigenvalue weighted by Crippen LogP contribution is 2.36. The third-order valence-corrected chi connectivity index (χ3v) is 7.08. The number of anilines is 1. The van der Waals surface area contributed by atoms with E-state index in [-0.39, 0.29) is 5.56 Å². The predicted molar refractivity (Wildman–Crippen MR) is 126 cm³/mol. The van der Waals surface area contributed by atoms with Gasteiger partial charge in [-0.25, -0.2) is 4.98 Å². The maximum Gasteiger partial charge on any atom is 0.261 e. The summed E-state index contributed by atoms with van der Waals surface area (Å²) < 4.78 is 0. The molecule has 7 rings (SSSR count). The van der Waals surface area contributed by atoms with Crippen LogP contribution in [0.5, 0.6) is 0 Å². The van der Waals surface area contributed by atoms with Crippen LogP contribution in [0.25, 0.3) is 33.3 Å². The van der Waals surface area contributed by atoms with Crippen LogP contribution in [-0.2, 0) is 0 Å². The van der Waals surface area contributed by atoms with Gasteiger partial charge in [0.15, 0.2) is 0 Å². The summed E-state index contributed by atoms with van der Waals surface area (Å²) in [6, 6.07) is 12.6. The Balaban J connectivity index is 1.59. The molecule has 3 fully saturated rings. The Labute approximate surface area is 180 Å². The van der Waals surface area contributed by atoms with Crippen molar-refractivity contribution in [1.82, 2.24) is 19.9 Å². The molecule has 0 spiro atoms. The van der Waals surface area contributed by atoms with Crippen LogP contribution in [0, 0.1) is 19.8 Å². The molecule has 158 valence electrons. The first kappa shape index (κ1) is 18.6. The van der Waals surface area contributed by atoms with Crippen molar-refractivity contribution in [2.45, 2.75) is 32.7 Å². The summed E-state index contributed by atoms with van der Waals surface area (Å²) >= 11 is 0. The maximum atomic E-state index is 13.4. The highest BCUT2D eigenvalue weighted by molar-refractivity contribution is 6.00. The fourth-order valence-corrected chi connectivity index (χ4v) is 5.52. The molecule has 2 aromatic carbocycles. The molecule has 3 aliphatic rings. The second-order valence-corrected chi connectivity index (χ2v) is 9.20. The lowest BCUT2D eigenvalue weighted by Crippen LogP contribution is -2.53. The van der Waals surface area contributed by atoms with E-state index in [1.54, 1.807) is 0 Å². The van der Waals surface area contributed by atoms with Gasteiger partial charge in [0.1, 0.15) is 11.4 Å². The third-order valence-electron chi connectivity index (χ3n) is 7.08. The standard InChI is InChI=1S/C25H27N5O/c1-14-11-15(2)22-17(12-14)23(26-20-13-30-9-7-16(20)8-10-30)21(25(31)29-22)24-27-18-5-3-4-6-19(18)28-24/h3-6,11-12,16,20H,7-10,13H2,1-2H3,(H,27,28)(H2,26,29,31)/t20-/m1/s1. The van der Waals surface area contributed by atoms with E-state index in [1.165, 1.54) is 31.5 Å². The Morgan fingerprint density at radius 1 is 1.10 bits per heavy atom. The molecule has 3 saturated heterocycles. The number of hydrogen-bond acceptors (Lipinski definition) is 4. The Bertz CT molecular complexity index is 1330. The average molecular weight is 414 g/mol. The molecule has 6 nitrogen and oxygen atoms in total. The van der Waals surface area contributed by atoms with Gasteiger partial charge in [0.25, 0.3) is 5.56 Å². The fraction of sp³-hybridized carbons (Fsp3) is 0.360. The molecule has 0 aliphatic carbocycles. The van der Waals surface area contributed by atoms with Crippen LogP contribution in [0.1, 0.15) is 24.0 Å². The third kappa shape index (κ3) is 3.05. The molecule has 0 radical (unpaired) electrons. The normalized spacial score (nSPS) is 23.0. The maximum absolute atomic E-state index is 13.4. The monoisotopic (exact) mass is 413 g/mol. The lowest BCUT2D eigenvalue weighted by Gasteiger charge is -2.45. The quantitative estimate of drug-likeness (QED) is 0.471. The first-order valence-electron chi connectivity index (χ1n) is 11.2. The van der Waals surface area contributed by atoms with Crippen LogP contribution in [0.2, 0.25) is 0 Å². The van der Waals surface area contributed by atoms with Crippen LogP contribution >= 0.6 is 0 Å². The van der Waals surface area contributed by atoms with E-state index in [0.29, 0.717) is 23.3 Å². The van der Waals surface area contributed by atoms with Gasteiger partial charge in [-0.15, -0.1) is 0 Å². The van der Waals surface area contributed by atoms with Crippen LogP contribution in [-0.4, -0.2) is 45.5 Å². The largest absolute Gasteiger partial charge is 0.379 e. The number of benzene rings is 2. The molecule has 2 bridgehead atoms. The van der Waals surface area contributed by atoms with E-state index in [9.17, 15) is 4.79 Å². The van der Waals surface area contributed by atoms with Crippen molar-refractivity contribution < 1.29 is 0 Å². The summed E-state index contributed by atoms with van der Waals surface area (Å²) in [4.78, 5) is 27.2. The Hall–Kier alpha value is -3.12. The second kappa shape index (κ2) is 6.95. The Morgan fingerprint density at radius 2 is 1.90 bits per heavy atom. The van der Waals surface area contributed by atoms with Crippen molar-refractivity contribution in [2.75, 3.05) is 25.0 Å². The Morgan fingerprint density at radius 3 is 2.65 bits per heavy atom. The number of H-pyrrole nitrogens is 2. The summed E-state index contributed by atoms with van der Waals surface area (Å²) in [6.07, 6.45) is 2.44. The van der Waals surface area contributed by atoms with Gasteiger partial charge in [-0.1, -0.05) is 23.8 Å². The molecular formula is C25H27N5O. The number of aryl methyl sites for hydroxylation is 2. The predicted octanol–water partition coefficient (Wildman–Crippen LogP) is 4.19. The number of rotatable bonds is 3. The number of hydrogen-bond donors (Lipinski definition) is 3. The summed E-state index contributed by atoms with van der Waals surface area (Å²) in [6.45, 7) is 7.57. The van der Waals surface area contributed by atoms with Crippen molar-refractivity contribution in [1.29, 1.82) is 0 Å². The number of para-hydroxylation sites is 2. The zero-order chi connectivity index (χ0) is 21.1. The number of piperidine rings is 3. The van der Waals surface area contributed by atoms with Crippen molar-refractivity contribution in [3.8, 4) is 11.4 Å². The SMILES string of the molecule is Cc1cc(C)c2[nH]c(=O)c(-c3nc4ccccc4[nH]3)c(N[C@@H]3CN4CCC3CC4)c2c1. The topological polar surface area (TPSA) is 76.8 Å². The van der Waals surface area contributed by atoms with Crippen LogP contribution in [0.4, 0.5) is 5.69 Å². The van der Waals surface area contributed by atoms with Crippen molar-refractivity contribution in [3.63, 3.8) is 0 Å². The van der Waals surface area contributed by atoms with Gasteiger partial charge in [0.05, 0.1) is 22.2 Å². The minimum atomic E-state index is -0.109. The molecule has 1 atom stereocenters. The van der Waals surface area contributed by atoms with Crippen LogP contribution in [0.3, 0.4) is 0 Å². The van der Waals surface area contributed by atoms with Gasteiger partial charge in [-0.3, -0.25) is 4.79 Å². The Kier molecular flexibility index (Phi) is 4.18. The van der Waals surface area contributed by atoms with Crippen LogP contribution in [0.15, 0.2) is 41.2 Å². The number of aromatic amines is 2. The molecule has 0 amide bonds. The van der Waals surface area contributed by atoms with E-state index in [4.69, 9.17) is 4.98 Å². The zero-order valence-electron chi connectivity index (χ0n) is 18.0. The van der Waals surface area contributed by atoms with Crippen molar-refractivity contribution in [2.24, 2.45) is 5.92 Å². The van der Waals surface area contributed by atoms with Gasteiger partial charge in [-0.05, 0) is 69.5 Å². The van der Waals surface area contributed by atoms with E-state index < -0.39 is 0 Å². The first-order chi connectivity index (χ1) is 15.1. The molecule has 3 aliphatic heterocycles. The van der Waals surface area contributed by atoms with E-state index in [1.807, 2.05) is 24.3 Å². The fourth-order valence-electron chi connectivity index (χ4n) is 5.52. The summed E-state index contributed by atoms with van der Waals surface area (Å²) in [7, 11) is 0. The molecule has 6 heteroatoms. The average Bonchev–Trinajstić information content (AvgIpc) is 3.19. The molecule has 5 heterocycles. The summed E-state index contributed by atoms with van der Waals surface area (Å²) in [5.41, 5.74) is 6.37. The minimum Gasteiger partial charge on any atom is -0.379 e. The van der Waals surface area contributed by atoms with Gasteiger partial charge in [-0.2, -0.15) is 0 Å². The molecule has 4 aromatic rings. The number of pyridine rings is 1. The molecule has 0 unspecified atom stereocenters. The zero-order valence-corrected chi connectivity index (χ0v) is 18.0. The molecule has 31 heavy (non-hydrogen) atoms. The van der Waals surface area contributed by atoms with Gasteiger partial charge < -0.3 is 20.2 Å². The van der Waals surface area contributed by atoms with Gasteiger partial charge in [0, 0.05) is 18.0 Å². The lowest BCUT2D eigenvalue weighted by atomic mass is 9.83. The molecule has 2 aromatic heterocycles. The summed E-state index contributed by atoms with van der Waals surface area (Å²) in [5.74, 6) is 1.26. The highest BCUT2D eigenvalue weighted by atomic mass is 16.1. The minimum absolute atomic E-state index is 0.109. The van der Waals surface area contributed by atoms with Crippen LogP contribution < -0.4 is 10.9 Å².